The van der Waals surface area contributed by atoms with Crippen LogP contribution in [0.25, 0.3) is 0 Å². The number of carbonyl (C=O) groups is 1. The van der Waals surface area contributed by atoms with Crippen molar-refractivity contribution in [2.75, 3.05) is 7.05 Å². The lowest BCUT2D eigenvalue weighted by atomic mass is 10.2. The standard InChI is InChI=1S/C11H12ClNOS/c1-13-11(14)10(7-12)15-8-9-5-3-2-4-6-9/h2-7H,8H2,1H3,(H,13,14)/b10-7-. The van der Waals surface area contributed by atoms with Crippen molar-refractivity contribution in [3.8, 4) is 0 Å². The summed E-state index contributed by atoms with van der Waals surface area (Å²) in [5.41, 5.74) is 2.48. The van der Waals surface area contributed by atoms with Crippen molar-refractivity contribution in [1.29, 1.82) is 0 Å². The second-order valence-electron chi connectivity index (χ2n) is 2.83. The normalized spacial score (nSPS) is 11.2. The first-order chi connectivity index (χ1) is 7.27. The second-order valence-corrected chi connectivity index (χ2v) is 4.06. The Morgan fingerprint density at radius 3 is 2.67 bits per heavy atom. The van der Waals surface area contributed by atoms with Gasteiger partial charge in [0.15, 0.2) is 0 Å². The molecule has 1 amide bonds. The zero-order chi connectivity index (χ0) is 11.1. The fourth-order valence-electron chi connectivity index (χ4n) is 1.01. The monoisotopic (exact) mass is 241 g/mol. The highest BCUT2D eigenvalue weighted by Gasteiger charge is 2.07. The predicted octanol–water partition coefficient (Wildman–Crippen LogP) is 2.75. The second kappa shape index (κ2) is 6.53. The van der Waals surface area contributed by atoms with E-state index in [2.05, 4.69) is 5.32 Å². The van der Waals surface area contributed by atoms with E-state index in [9.17, 15) is 4.79 Å². The van der Waals surface area contributed by atoms with E-state index in [-0.39, 0.29) is 5.91 Å². The number of likely N-dealkylation sites (N-methyl/N-ethyl adjacent to an activating group) is 1. The van der Waals surface area contributed by atoms with E-state index >= 15 is 0 Å². The molecule has 0 spiro atoms. The van der Waals surface area contributed by atoms with E-state index in [1.807, 2.05) is 30.3 Å². The van der Waals surface area contributed by atoms with Gasteiger partial charge in [0.1, 0.15) is 0 Å². The molecule has 0 bridgehead atoms. The van der Waals surface area contributed by atoms with Crippen molar-refractivity contribution >= 4 is 29.3 Å². The molecule has 0 saturated heterocycles. The highest BCUT2D eigenvalue weighted by atomic mass is 35.5. The Hall–Kier alpha value is -0.930. The lowest BCUT2D eigenvalue weighted by molar-refractivity contribution is -0.116. The molecule has 4 heteroatoms. The van der Waals surface area contributed by atoms with E-state index in [4.69, 9.17) is 11.6 Å². The average Bonchev–Trinajstić information content (AvgIpc) is 2.31. The topological polar surface area (TPSA) is 29.1 Å². The Morgan fingerprint density at radius 1 is 1.47 bits per heavy atom. The average molecular weight is 242 g/mol. The predicted molar refractivity (Wildman–Crippen MR) is 65.7 cm³/mol. The van der Waals surface area contributed by atoms with Gasteiger partial charge in [0.2, 0.25) is 0 Å². The quantitative estimate of drug-likeness (QED) is 0.822. The fraction of sp³-hybridized carbons (Fsp3) is 0.182. The first-order valence-electron chi connectivity index (χ1n) is 4.47. The van der Waals surface area contributed by atoms with Gasteiger partial charge in [-0.2, -0.15) is 0 Å². The molecule has 0 aliphatic heterocycles. The van der Waals surface area contributed by atoms with Gasteiger partial charge in [-0.05, 0) is 5.56 Å². The molecule has 0 atom stereocenters. The first-order valence-corrected chi connectivity index (χ1v) is 5.89. The molecule has 0 fully saturated rings. The maximum atomic E-state index is 11.3. The van der Waals surface area contributed by atoms with Gasteiger partial charge in [-0.1, -0.05) is 41.9 Å². The zero-order valence-electron chi connectivity index (χ0n) is 8.37. The van der Waals surface area contributed by atoms with Crippen LogP contribution in [0.1, 0.15) is 5.56 Å². The van der Waals surface area contributed by atoms with Gasteiger partial charge >= 0.3 is 0 Å². The van der Waals surface area contributed by atoms with E-state index in [1.165, 1.54) is 22.9 Å². The van der Waals surface area contributed by atoms with E-state index in [0.29, 0.717) is 4.91 Å². The van der Waals surface area contributed by atoms with Crippen LogP contribution in [0.4, 0.5) is 0 Å². The maximum Gasteiger partial charge on any atom is 0.258 e. The van der Waals surface area contributed by atoms with Crippen LogP contribution in [0.5, 0.6) is 0 Å². The minimum Gasteiger partial charge on any atom is -0.355 e. The van der Waals surface area contributed by atoms with Crippen LogP contribution in [0, 0.1) is 0 Å². The molecule has 1 aromatic carbocycles. The van der Waals surface area contributed by atoms with Crippen molar-refractivity contribution in [3.63, 3.8) is 0 Å². The van der Waals surface area contributed by atoms with E-state index in [0.717, 1.165) is 5.75 Å². The molecular formula is C11H12ClNOS. The summed E-state index contributed by atoms with van der Waals surface area (Å²) in [6.07, 6.45) is 0. The van der Waals surface area contributed by atoms with Crippen LogP contribution >= 0.6 is 23.4 Å². The fourth-order valence-corrected chi connectivity index (χ4v) is 2.10. The van der Waals surface area contributed by atoms with Crippen LogP contribution in [0.3, 0.4) is 0 Å². The number of rotatable bonds is 4. The van der Waals surface area contributed by atoms with Crippen LogP contribution in [-0.2, 0) is 10.5 Å². The number of carbonyl (C=O) groups excluding carboxylic acids is 1. The number of hydrogen-bond donors (Lipinski definition) is 1. The number of amides is 1. The van der Waals surface area contributed by atoms with E-state index in [1.54, 1.807) is 7.05 Å². The third-order valence-electron chi connectivity index (χ3n) is 1.79. The van der Waals surface area contributed by atoms with Crippen LogP contribution in [0.15, 0.2) is 40.8 Å². The Balaban J connectivity index is 2.53. The highest BCUT2D eigenvalue weighted by molar-refractivity contribution is 8.03. The number of halogens is 1. The number of thioether (sulfide) groups is 1. The summed E-state index contributed by atoms with van der Waals surface area (Å²) < 4.78 is 0. The SMILES string of the molecule is CNC(=O)/C(=C/Cl)SCc1ccccc1. The number of hydrogen-bond acceptors (Lipinski definition) is 2. The molecule has 15 heavy (non-hydrogen) atoms. The van der Waals surface area contributed by atoms with Crippen LogP contribution in [0.2, 0.25) is 0 Å². The van der Waals surface area contributed by atoms with Gasteiger partial charge in [0, 0.05) is 18.3 Å². The molecule has 0 aromatic heterocycles. The Kier molecular flexibility index (Phi) is 5.29. The summed E-state index contributed by atoms with van der Waals surface area (Å²) in [6.45, 7) is 0. The van der Waals surface area contributed by atoms with Crippen LogP contribution in [-0.4, -0.2) is 13.0 Å². The van der Waals surface area contributed by atoms with Gasteiger partial charge in [0.25, 0.3) is 5.91 Å². The molecule has 2 nitrogen and oxygen atoms in total. The lowest BCUT2D eigenvalue weighted by Gasteiger charge is -2.04. The first kappa shape index (κ1) is 12.1. The van der Waals surface area contributed by atoms with Crippen LogP contribution < -0.4 is 5.32 Å². The largest absolute Gasteiger partial charge is 0.355 e. The molecule has 1 rings (SSSR count). The van der Waals surface area contributed by atoms with Gasteiger partial charge < -0.3 is 5.32 Å². The van der Waals surface area contributed by atoms with E-state index < -0.39 is 0 Å². The minimum atomic E-state index is -0.147. The van der Waals surface area contributed by atoms with Gasteiger partial charge in [-0.25, -0.2) is 0 Å². The highest BCUT2D eigenvalue weighted by Crippen LogP contribution is 2.21. The Bertz CT molecular complexity index is 351. The molecule has 80 valence electrons. The van der Waals surface area contributed by atoms with Crippen molar-refractivity contribution in [2.45, 2.75) is 5.75 Å². The molecule has 1 aromatic rings. The van der Waals surface area contributed by atoms with Crippen molar-refractivity contribution < 1.29 is 4.79 Å². The molecule has 0 unspecified atom stereocenters. The Labute approximate surface area is 98.7 Å². The summed E-state index contributed by atoms with van der Waals surface area (Å²) >= 11 is 6.99. The summed E-state index contributed by atoms with van der Waals surface area (Å²) in [4.78, 5) is 11.8. The number of nitrogens with one attached hydrogen (secondary N) is 1. The molecule has 1 N–H and O–H groups in total. The van der Waals surface area contributed by atoms with Gasteiger partial charge in [-0.15, -0.1) is 11.8 Å². The van der Waals surface area contributed by atoms with Gasteiger partial charge in [-0.3, -0.25) is 4.79 Å². The third kappa shape index (κ3) is 3.98. The summed E-state index contributed by atoms with van der Waals surface area (Å²) in [5, 5.41) is 2.54. The minimum absolute atomic E-state index is 0.147. The molecule has 0 aliphatic rings. The van der Waals surface area contributed by atoms with Crippen molar-refractivity contribution in [1.82, 2.24) is 5.32 Å². The summed E-state index contributed by atoms with van der Waals surface area (Å²) in [6, 6.07) is 9.94. The molecule has 0 heterocycles. The smallest absolute Gasteiger partial charge is 0.258 e. The maximum absolute atomic E-state index is 11.3. The molecule has 0 aliphatic carbocycles. The summed E-state index contributed by atoms with van der Waals surface area (Å²) in [5.74, 6) is 0.596. The third-order valence-corrected chi connectivity index (χ3v) is 3.23. The summed E-state index contributed by atoms with van der Waals surface area (Å²) in [7, 11) is 1.59. The molecule has 0 radical (unpaired) electrons. The van der Waals surface area contributed by atoms with Gasteiger partial charge in [0.05, 0.1) is 4.91 Å². The number of benzene rings is 1. The Morgan fingerprint density at radius 2 is 2.13 bits per heavy atom. The molecular weight excluding hydrogens is 230 g/mol. The zero-order valence-corrected chi connectivity index (χ0v) is 9.94. The van der Waals surface area contributed by atoms with Crippen molar-refractivity contribution in [2.24, 2.45) is 0 Å². The lowest BCUT2D eigenvalue weighted by Crippen LogP contribution is -2.18. The molecule has 0 saturated carbocycles. The van der Waals surface area contributed by atoms with Crippen molar-refractivity contribution in [3.05, 3.63) is 46.3 Å².